The Morgan fingerprint density at radius 1 is 1.33 bits per heavy atom. The van der Waals surface area contributed by atoms with E-state index in [1.54, 1.807) is 0 Å². The summed E-state index contributed by atoms with van der Waals surface area (Å²) in [6.07, 6.45) is 4.02. The number of piperidine rings is 1. The fourth-order valence-corrected chi connectivity index (χ4v) is 2.45. The van der Waals surface area contributed by atoms with Gasteiger partial charge in [0.25, 0.3) is 0 Å². The Hall–Kier alpha value is -0.320. The second-order valence-corrected chi connectivity index (χ2v) is 4.27. The normalized spacial score (nSPS) is 29.5. The van der Waals surface area contributed by atoms with Gasteiger partial charge in [0.1, 0.15) is 0 Å². The zero-order valence-corrected chi connectivity index (χ0v) is 9.52. The number of halogens is 1. The maximum Gasteiger partial charge on any atom is 0.332 e. The van der Waals surface area contributed by atoms with Gasteiger partial charge in [0.2, 0.25) is 0 Å². The highest BCUT2D eigenvalue weighted by molar-refractivity contribution is 5.85. The maximum absolute atomic E-state index is 10.8. The Balaban J connectivity index is 0.00000112. The first-order chi connectivity index (χ1) is 6.72. The summed E-state index contributed by atoms with van der Waals surface area (Å²) < 4.78 is 5.74. The van der Waals surface area contributed by atoms with Gasteiger partial charge < -0.3 is 15.2 Å². The van der Waals surface area contributed by atoms with Crippen molar-refractivity contribution in [1.29, 1.82) is 0 Å². The predicted octanol–water partition coefficient (Wildman–Crippen LogP) is 1.18. The molecule has 2 N–H and O–H groups in total. The van der Waals surface area contributed by atoms with E-state index in [1.165, 1.54) is 0 Å². The van der Waals surface area contributed by atoms with Gasteiger partial charge in [0.15, 0.2) is 6.10 Å². The van der Waals surface area contributed by atoms with Crippen LogP contribution in [0.3, 0.4) is 0 Å². The van der Waals surface area contributed by atoms with Crippen molar-refractivity contribution in [1.82, 2.24) is 5.32 Å². The number of ether oxygens (including phenoxy) is 1. The van der Waals surface area contributed by atoms with Crippen molar-refractivity contribution in [3.8, 4) is 0 Å². The van der Waals surface area contributed by atoms with Gasteiger partial charge >= 0.3 is 5.97 Å². The average Bonchev–Trinajstić information content (AvgIpc) is 2.19. The minimum Gasteiger partial charge on any atom is -0.479 e. The number of aliphatic carboxylic acids is 1. The summed E-state index contributed by atoms with van der Waals surface area (Å²) in [6, 6.07) is 0. The van der Waals surface area contributed by atoms with Crippen LogP contribution in [0.1, 0.15) is 32.1 Å². The van der Waals surface area contributed by atoms with Gasteiger partial charge in [-0.3, -0.25) is 0 Å². The molecule has 1 atom stereocenters. The van der Waals surface area contributed by atoms with E-state index < -0.39 is 12.1 Å². The first-order valence-corrected chi connectivity index (χ1v) is 5.33. The number of nitrogens with one attached hydrogen (secondary N) is 1. The molecule has 0 aliphatic carbocycles. The Bertz CT molecular complexity index is 223. The average molecular weight is 236 g/mol. The summed E-state index contributed by atoms with van der Waals surface area (Å²) in [4.78, 5) is 10.8. The van der Waals surface area contributed by atoms with E-state index in [1.807, 2.05) is 0 Å². The summed E-state index contributed by atoms with van der Waals surface area (Å²) >= 11 is 0. The SMILES string of the molecule is Cl.O=C(O)C1CCCC2(CCNCC2)O1. The predicted molar refractivity (Wildman–Crippen MR) is 58.4 cm³/mol. The summed E-state index contributed by atoms with van der Waals surface area (Å²) in [5, 5.41) is 12.2. The molecule has 0 radical (unpaired) electrons. The van der Waals surface area contributed by atoms with Crippen molar-refractivity contribution >= 4 is 18.4 Å². The molecule has 5 heteroatoms. The smallest absolute Gasteiger partial charge is 0.332 e. The Kier molecular flexibility index (Phi) is 4.37. The minimum absolute atomic E-state index is 0. The van der Waals surface area contributed by atoms with Gasteiger partial charge in [-0.25, -0.2) is 4.79 Å². The number of hydrogen-bond donors (Lipinski definition) is 2. The lowest BCUT2D eigenvalue weighted by Crippen LogP contribution is -2.49. The van der Waals surface area contributed by atoms with Crippen LogP contribution in [0.25, 0.3) is 0 Å². The zero-order chi connectivity index (χ0) is 10.0. The number of carboxylic acids is 1. The summed E-state index contributed by atoms with van der Waals surface area (Å²) in [5.74, 6) is -0.803. The van der Waals surface area contributed by atoms with Gasteiger partial charge in [-0.05, 0) is 45.2 Å². The van der Waals surface area contributed by atoms with Crippen LogP contribution in [0.2, 0.25) is 0 Å². The maximum atomic E-state index is 10.8. The number of hydrogen-bond acceptors (Lipinski definition) is 3. The molecule has 2 fully saturated rings. The highest BCUT2D eigenvalue weighted by Gasteiger charge is 2.40. The summed E-state index contributed by atoms with van der Waals surface area (Å²) in [5.41, 5.74) is -0.132. The molecule has 15 heavy (non-hydrogen) atoms. The number of carbonyl (C=O) groups is 1. The fraction of sp³-hybridized carbons (Fsp3) is 0.900. The summed E-state index contributed by atoms with van der Waals surface area (Å²) in [6.45, 7) is 1.90. The molecule has 1 spiro atoms. The van der Waals surface area contributed by atoms with Crippen molar-refractivity contribution in [3.63, 3.8) is 0 Å². The van der Waals surface area contributed by atoms with Crippen LogP contribution in [-0.2, 0) is 9.53 Å². The standard InChI is InChI=1S/C10H17NO3.ClH/c12-9(13)8-2-1-3-10(14-8)4-6-11-7-5-10;/h8,11H,1-7H2,(H,12,13);1H. The second-order valence-electron chi connectivity index (χ2n) is 4.27. The van der Waals surface area contributed by atoms with Crippen LogP contribution in [0.5, 0.6) is 0 Å². The highest BCUT2D eigenvalue weighted by atomic mass is 35.5. The molecule has 2 heterocycles. The molecular weight excluding hydrogens is 218 g/mol. The van der Waals surface area contributed by atoms with E-state index in [2.05, 4.69) is 5.32 Å². The minimum atomic E-state index is -0.803. The largest absolute Gasteiger partial charge is 0.479 e. The quantitative estimate of drug-likeness (QED) is 0.717. The third-order valence-electron chi connectivity index (χ3n) is 3.28. The van der Waals surface area contributed by atoms with E-state index in [4.69, 9.17) is 9.84 Å². The van der Waals surface area contributed by atoms with Gasteiger partial charge in [-0.2, -0.15) is 0 Å². The van der Waals surface area contributed by atoms with Crippen LogP contribution in [0.4, 0.5) is 0 Å². The van der Waals surface area contributed by atoms with Crippen molar-refractivity contribution in [2.24, 2.45) is 0 Å². The lowest BCUT2D eigenvalue weighted by atomic mass is 9.84. The lowest BCUT2D eigenvalue weighted by Gasteiger charge is -2.42. The zero-order valence-electron chi connectivity index (χ0n) is 8.70. The van der Waals surface area contributed by atoms with E-state index in [0.29, 0.717) is 6.42 Å². The topological polar surface area (TPSA) is 58.6 Å². The van der Waals surface area contributed by atoms with Crippen LogP contribution in [0.15, 0.2) is 0 Å². The van der Waals surface area contributed by atoms with Crippen LogP contribution in [0, 0.1) is 0 Å². The van der Waals surface area contributed by atoms with Crippen molar-refractivity contribution in [2.75, 3.05) is 13.1 Å². The molecule has 0 bridgehead atoms. The molecule has 0 aromatic heterocycles. The highest BCUT2D eigenvalue weighted by Crippen LogP contribution is 2.35. The van der Waals surface area contributed by atoms with Gasteiger partial charge in [-0.15, -0.1) is 12.4 Å². The molecule has 0 saturated carbocycles. The first kappa shape index (κ1) is 12.7. The summed E-state index contributed by atoms with van der Waals surface area (Å²) in [7, 11) is 0. The van der Waals surface area contributed by atoms with Crippen LogP contribution in [-0.4, -0.2) is 35.9 Å². The molecule has 0 aromatic rings. The van der Waals surface area contributed by atoms with Crippen LogP contribution < -0.4 is 5.32 Å². The Morgan fingerprint density at radius 3 is 2.60 bits per heavy atom. The Labute approximate surface area is 95.8 Å². The Morgan fingerprint density at radius 2 is 2.00 bits per heavy atom. The van der Waals surface area contributed by atoms with E-state index in [-0.39, 0.29) is 18.0 Å². The van der Waals surface area contributed by atoms with Crippen molar-refractivity contribution in [3.05, 3.63) is 0 Å². The molecule has 2 rings (SSSR count). The molecular formula is C10H18ClNO3. The fourth-order valence-electron chi connectivity index (χ4n) is 2.45. The van der Waals surface area contributed by atoms with E-state index in [9.17, 15) is 4.79 Å². The molecule has 0 amide bonds. The molecule has 2 aliphatic heterocycles. The molecule has 88 valence electrons. The van der Waals surface area contributed by atoms with Crippen LogP contribution >= 0.6 is 12.4 Å². The van der Waals surface area contributed by atoms with Gasteiger partial charge in [0, 0.05) is 0 Å². The van der Waals surface area contributed by atoms with E-state index in [0.717, 1.165) is 38.8 Å². The number of rotatable bonds is 1. The molecule has 0 aromatic carbocycles. The third-order valence-corrected chi connectivity index (χ3v) is 3.28. The molecule has 4 nitrogen and oxygen atoms in total. The van der Waals surface area contributed by atoms with E-state index >= 15 is 0 Å². The first-order valence-electron chi connectivity index (χ1n) is 5.33. The van der Waals surface area contributed by atoms with Crippen molar-refractivity contribution < 1.29 is 14.6 Å². The van der Waals surface area contributed by atoms with Crippen molar-refractivity contribution in [2.45, 2.75) is 43.8 Å². The monoisotopic (exact) mass is 235 g/mol. The van der Waals surface area contributed by atoms with Gasteiger partial charge in [-0.1, -0.05) is 0 Å². The molecule has 2 aliphatic rings. The third kappa shape index (κ3) is 2.83. The lowest BCUT2D eigenvalue weighted by molar-refractivity contribution is -0.179. The van der Waals surface area contributed by atoms with Gasteiger partial charge in [0.05, 0.1) is 5.60 Å². The molecule has 1 unspecified atom stereocenters. The molecule has 2 saturated heterocycles. The number of carboxylic acid groups (broad SMARTS) is 1. The second kappa shape index (κ2) is 5.14.